The van der Waals surface area contributed by atoms with Crippen LogP contribution in [-0.2, 0) is 0 Å². The van der Waals surface area contributed by atoms with Crippen molar-refractivity contribution in [2.24, 2.45) is 0 Å². The molecule has 0 fully saturated rings. The Bertz CT molecular complexity index is 452. The van der Waals surface area contributed by atoms with Crippen LogP contribution in [-0.4, -0.2) is 0 Å². The molecule has 0 saturated heterocycles. The van der Waals surface area contributed by atoms with Crippen molar-refractivity contribution >= 4 is 11.3 Å². The first-order valence-corrected chi connectivity index (χ1v) is 5.62. The third-order valence-corrected chi connectivity index (χ3v) is 3.58. The van der Waals surface area contributed by atoms with Gasteiger partial charge in [0.2, 0.25) is 0 Å². The van der Waals surface area contributed by atoms with Gasteiger partial charge in [0.25, 0.3) is 0 Å². The van der Waals surface area contributed by atoms with Gasteiger partial charge in [-0.3, -0.25) is 0 Å². The van der Waals surface area contributed by atoms with Gasteiger partial charge < -0.3 is 0 Å². The Morgan fingerprint density at radius 1 is 0.857 bits per heavy atom. The first-order valence-electron chi connectivity index (χ1n) is 4.81. The lowest BCUT2D eigenvalue weighted by atomic mass is 10.1. The maximum atomic E-state index is 2.26. The summed E-state index contributed by atoms with van der Waals surface area (Å²) in [6.07, 6.45) is 0. The third kappa shape index (κ3) is 1.73. The van der Waals surface area contributed by atoms with Crippen LogP contribution in [0.5, 0.6) is 0 Å². The highest BCUT2D eigenvalue weighted by Gasteiger charge is 2.01. The second-order valence-corrected chi connectivity index (χ2v) is 5.00. The molecule has 2 aromatic rings. The Labute approximate surface area is 89.2 Å². The highest BCUT2D eigenvalue weighted by molar-refractivity contribution is 7.15. The first kappa shape index (κ1) is 9.47. The van der Waals surface area contributed by atoms with Gasteiger partial charge in [0.1, 0.15) is 0 Å². The summed E-state index contributed by atoms with van der Waals surface area (Å²) in [5, 5.41) is 0. The highest BCUT2D eigenvalue weighted by atomic mass is 32.1. The van der Waals surface area contributed by atoms with E-state index in [9.17, 15) is 0 Å². The summed E-state index contributed by atoms with van der Waals surface area (Å²) < 4.78 is 0. The first-order chi connectivity index (χ1) is 6.66. The average Bonchev–Trinajstić information content (AvgIpc) is 2.57. The molecule has 0 saturated carbocycles. The standard InChI is InChI=1S/C13H14S/c1-9-4-6-12(8-10(9)2)13-7-5-11(3)14-13/h4-8H,1-3H3. The minimum atomic E-state index is 1.34. The Morgan fingerprint density at radius 3 is 2.21 bits per heavy atom. The van der Waals surface area contributed by atoms with Crippen LogP contribution in [0.2, 0.25) is 0 Å². The molecule has 0 amide bonds. The zero-order valence-electron chi connectivity index (χ0n) is 8.79. The lowest BCUT2D eigenvalue weighted by Crippen LogP contribution is -1.80. The predicted octanol–water partition coefficient (Wildman–Crippen LogP) is 4.34. The van der Waals surface area contributed by atoms with Gasteiger partial charge in [-0.25, -0.2) is 0 Å². The lowest BCUT2D eigenvalue weighted by Gasteiger charge is -2.02. The van der Waals surface area contributed by atoms with E-state index in [0.29, 0.717) is 0 Å². The van der Waals surface area contributed by atoms with Crippen LogP contribution in [0, 0.1) is 20.8 Å². The van der Waals surface area contributed by atoms with E-state index in [1.54, 1.807) is 0 Å². The number of aryl methyl sites for hydroxylation is 3. The van der Waals surface area contributed by atoms with Gasteiger partial charge in [-0.05, 0) is 49.6 Å². The quantitative estimate of drug-likeness (QED) is 0.645. The Balaban J connectivity index is 2.47. The van der Waals surface area contributed by atoms with Crippen LogP contribution in [0.4, 0.5) is 0 Å². The molecule has 2 rings (SSSR count). The van der Waals surface area contributed by atoms with Crippen molar-refractivity contribution in [1.29, 1.82) is 0 Å². The SMILES string of the molecule is Cc1ccc(-c2ccc(C)c(C)c2)s1. The zero-order valence-corrected chi connectivity index (χ0v) is 9.61. The van der Waals surface area contributed by atoms with E-state index in [0.717, 1.165) is 0 Å². The zero-order chi connectivity index (χ0) is 10.1. The summed E-state index contributed by atoms with van der Waals surface area (Å²) in [5.74, 6) is 0. The number of rotatable bonds is 1. The minimum Gasteiger partial charge on any atom is -0.141 e. The van der Waals surface area contributed by atoms with E-state index in [-0.39, 0.29) is 0 Å². The van der Waals surface area contributed by atoms with E-state index < -0.39 is 0 Å². The molecule has 0 bridgehead atoms. The molecule has 1 heteroatoms. The van der Waals surface area contributed by atoms with Crippen LogP contribution in [0.3, 0.4) is 0 Å². The van der Waals surface area contributed by atoms with E-state index in [2.05, 4.69) is 51.1 Å². The molecule has 0 unspecified atom stereocenters. The van der Waals surface area contributed by atoms with Gasteiger partial charge in [-0.1, -0.05) is 18.2 Å². The molecule has 72 valence electrons. The van der Waals surface area contributed by atoms with Crippen molar-refractivity contribution in [2.75, 3.05) is 0 Å². The molecular weight excluding hydrogens is 188 g/mol. The number of benzene rings is 1. The van der Waals surface area contributed by atoms with Crippen LogP contribution < -0.4 is 0 Å². The van der Waals surface area contributed by atoms with Crippen molar-refractivity contribution in [3.8, 4) is 10.4 Å². The Kier molecular flexibility index (Phi) is 2.42. The fraction of sp³-hybridized carbons (Fsp3) is 0.231. The topological polar surface area (TPSA) is 0 Å². The van der Waals surface area contributed by atoms with E-state index in [1.807, 2.05) is 11.3 Å². The third-order valence-electron chi connectivity index (χ3n) is 2.53. The fourth-order valence-corrected chi connectivity index (χ4v) is 2.35. The van der Waals surface area contributed by atoms with Crippen LogP contribution in [0.1, 0.15) is 16.0 Å². The van der Waals surface area contributed by atoms with Crippen molar-refractivity contribution < 1.29 is 0 Å². The van der Waals surface area contributed by atoms with Crippen molar-refractivity contribution in [3.63, 3.8) is 0 Å². The molecule has 0 atom stereocenters. The summed E-state index contributed by atoms with van der Waals surface area (Å²) in [6.45, 7) is 6.47. The smallest absolute Gasteiger partial charge is 0.0345 e. The second-order valence-electron chi connectivity index (χ2n) is 3.71. The minimum absolute atomic E-state index is 1.34. The maximum Gasteiger partial charge on any atom is 0.0345 e. The number of hydrogen-bond donors (Lipinski definition) is 0. The van der Waals surface area contributed by atoms with Gasteiger partial charge in [0.15, 0.2) is 0 Å². The molecule has 1 heterocycles. The largest absolute Gasteiger partial charge is 0.141 e. The molecule has 1 aromatic carbocycles. The lowest BCUT2D eigenvalue weighted by molar-refractivity contribution is 1.34. The van der Waals surface area contributed by atoms with Gasteiger partial charge in [0.05, 0.1) is 0 Å². The molecule has 1 aromatic heterocycles. The molecule has 14 heavy (non-hydrogen) atoms. The van der Waals surface area contributed by atoms with Crippen LogP contribution in [0.25, 0.3) is 10.4 Å². The summed E-state index contributed by atoms with van der Waals surface area (Å²) in [6, 6.07) is 11.0. The molecule has 0 aliphatic carbocycles. The summed E-state index contributed by atoms with van der Waals surface area (Å²) >= 11 is 1.86. The predicted molar refractivity (Wildman–Crippen MR) is 64.0 cm³/mol. The van der Waals surface area contributed by atoms with Gasteiger partial charge in [0, 0.05) is 9.75 Å². The van der Waals surface area contributed by atoms with Gasteiger partial charge in [-0.15, -0.1) is 11.3 Å². The molecule has 0 nitrogen and oxygen atoms in total. The van der Waals surface area contributed by atoms with E-state index in [4.69, 9.17) is 0 Å². The number of thiophene rings is 1. The maximum absolute atomic E-state index is 2.26. The van der Waals surface area contributed by atoms with Crippen LogP contribution in [0.15, 0.2) is 30.3 Å². The van der Waals surface area contributed by atoms with Crippen molar-refractivity contribution in [3.05, 3.63) is 46.3 Å². The molecule has 0 spiro atoms. The number of hydrogen-bond acceptors (Lipinski definition) is 1. The highest BCUT2D eigenvalue weighted by Crippen LogP contribution is 2.28. The van der Waals surface area contributed by atoms with Crippen LogP contribution >= 0.6 is 11.3 Å². The summed E-state index contributed by atoms with van der Waals surface area (Å²) in [7, 11) is 0. The average molecular weight is 202 g/mol. The molecule has 0 aliphatic heterocycles. The Hall–Kier alpha value is -1.08. The molecule has 0 N–H and O–H groups in total. The summed E-state index contributed by atoms with van der Waals surface area (Å²) in [4.78, 5) is 2.74. The second kappa shape index (κ2) is 3.58. The summed E-state index contributed by atoms with van der Waals surface area (Å²) in [5.41, 5.74) is 4.07. The normalized spacial score (nSPS) is 10.5. The van der Waals surface area contributed by atoms with Crippen molar-refractivity contribution in [2.45, 2.75) is 20.8 Å². The molecule has 0 radical (unpaired) electrons. The monoisotopic (exact) mass is 202 g/mol. The van der Waals surface area contributed by atoms with Gasteiger partial charge in [-0.2, -0.15) is 0 Å². The molecule has 0 aliphatic rings. The van der Waals surface area contributed by atoms with E-state index in [1.165, 1.54) is 26.4 Å². The van der Waals surface area contributed by atoms with Gasteiger partial charge >= 0.3 is 0 Å². The van der Waals surface area contributed by atoms with Crippen molar-refractivity contribution in [1.82, 2.24) is 0 Å². The van der Waals surface area contributed by atoms with E-state index >= 15 is 0 Å². The molecular formula is C13H14S. The Morgan fingerprint density at radius 2 is 1.64 bits per heavy atom. The fourth-order valence-electron chi connectivity index (χ4n) is 1.48.